The molecule has 0 aromatic rings. The molecule has 0 aromatic heterocycles. The Morgan fingerprint density at radius 2 is 0.659 bits per heavy atom. The summed E-state index contributed by atoms with van der Waals surface area (Å²) in [6, 6.07) is 0. The third-order valence-corrected chi connectivity index (χ3v) is 16.5. The number of allylic oxidation sites excluding steroid dienone is 4. The lowest BCUT2D eigenvalue weighted by atomic mass is 10.0. The number of unbranched alkanes of at least 4 members (excludes halogenated alkanes) is 49. The number of ether oxygens (including phenoxy) is 4. The summed E-state index contributed by atoms with van der Waals surface area (Å²) in [5.41, 5.74) is 0. The highest BCUT2D eigenvalue weighted by atomic mass is 16.7. The van der Waals surface area contributed by atoms with E-state index in [1.54, 1.807) is 0 Å². The fourth-order valence-electron chi connectivity index (χ4n) is 10.9. The zero-order valence-corrected chi connectivity index (χ0v) is 55.4. The van der Waals surface area contributed by atoms with Gasteiger partial charge in [-0.05, 0) is 44.9 Å². The Morgan fingerprint density at radius 3 is 0.963 bits per heavy atom. The van der Waals surface area contributed by atoms with Crippen molar-refractivity contribution in [2.75, 3.05) is 47.5 Å². The smallest absolute Gasteiger partial charge is 0.361 e. The van der Waals surface area contributed by atoms with Gasteiger partial charge in [0.15, 0.2) is 6.10 Å². The first-order chi connectivity index (χ1) is 40.1. The van der Waals surface area contributed by atoms with Crippen LogP contribution in [0, 0.1) is 0 Å². The van der Waals surface area contributed by atoms with E-state index >= 15 is 0 Å². The summed E-state index contributed by atoms with van der Waals surface area (Å²) < 4.78 is 23.0. The van der Waals surface area contributed by atoms with Crippen LogP contribution < -0.4 is 0 Å². The summed E-state index contributed by atoms with van der Waals surface area (Å²) in [4.78, 5) is 37.6. The minimum Gasteiger partial charge on any atom is -0.477 e. The first-order valence-electron chi connectivity index (χ1n) is 36.0. The van der Waals surface area contributed by atoms with Crippen LogP contribution in [0.3, 0.4) is 0 Å². The number of esters is 2. The van der Waals surface area contributed by atoms with Crippen LogP contribution >= 0.6 is 0 Å². The van der Waals surface area contributed by atoms with Gasteiger partial charge in [0.05, 0.1) is 34.4 Å². The average Bonchev–Trinajstić information content (AvgIpc) is 3.45. The molecule has 0 aliphatic rings. The SMILES string of the molecule is CCCCCCC/C=C\C/C=C\CCCCCCCCCCCCCCCC(=O)OC(COC(=O)CCCCCCCCCCCCCCCCCCCCCCCCCCCCCCCCCC)COC(OCC[N+](C)(C)C)C(=O)O. The van der Waals surface area contributed by atoms with Gasteiger partial charge in [-0.25, -0.2) is 4.79 Å². The van der Waals surface area contributed by atoms with E-state index in [0.29, 0.717) is 17.4 Å². The number of carboxylic acid groups (broad SMARTS) is 1. The molecule has 0 radical (unpaired) electrons. The largest absolute Gasteiger partial charge is 0.477 e. The van der Waals surface area contributed by atoms with E-state index in [-0.39, 0.29) is 38.2 Å². The Hall–Kier alpha value is -2.23. The predicted octanol–water partition coefficient (Wildman–Crippen LogP) is 22.2. The van der Waals surface area contributed by atoms with Crippen molar-refractivity contribution in [2.24, 2.45) is 0 Å². The minimum absolute atomic E-state index is 0.176. The van der Waals surface area contributed by atoms with Crippen molar-refractivity contribution in [3.05, 3.63) is 24.3 Å². The third-order valence-electron chi connectivity index (χ3n) is 16.5. The molecule has 0 heterocycles. The molecule has 82 heavy (non-hydrogen) atoms. The zero-order valence-electron chi connectivity index (χ0n) is 55.4. The second-order valence-electron chi connectivity index (χ2n) is 25.9. The van der Waals surface area contributed by atoms with Crippen LogP contribution in [0.1, 0.15) is 367 Å². The van der Waals surface area contributed by atoms with Crippen molar-refractivity contribution in [1.82, 2.24) is 0 Å². The molecule has 0 aliphatic carbocycles. The minimum atomic E-state index is -1.51. The van der Waals surface area contributed by atoms with Crippen LogP contribution in [0.25, 0.3) is 0 Å². The van der Waals surface area contributed by atoms with Gasteiger partial charge in [0.25, 0.3) is 6.29 Å². The summed E-state index contributed by atoms with van der Waals surface area (Å²) in [5, 5.41) is 9.75. The Bertz CT molecular complexity index is 1390. The van der Waals surface area contributed by atoms with Crippen molar-refractivity contribution < 1.29 is 42.9 Å². The molecule has 9 heteroatoms. The van der Waals surface area contributed by atoms with E-state index in [0.717, 1.165) is 44.9 Å². The topological polar surface area (TPSA) is 108 Å². The van der Waals surface area contributed by atoms with Crippen molar-refractivity contribution in [2.45, 2.75) is 379 Å². The van der Waals surface area contributed by atoms with Gasteiger partial charge in [-0.1, -0.05) is 334 Å². The van der Waals surface area contributed by atoms with Crippen molar-refractivity contribution in [3.63, 3.8) is 0 Å². The second kappa shape index (κ2) is 64.8. The molecule has 0 spiro atoms. The van der Waals surface area contributed by atoms with E-state index in [1.807, 2.05) is 21.1 Å². The van der Waals surface area contributed by atoms with Crippen LogP contribution in [0.15, 0.2) is 24.3 Å². The third kappa shape index (κ3) is 65.3. The van der Waals surface area contributed by atoms with Gasteiger partial charge < -0.3 is 28.5 Å². The van der Waals surface area contributed by atoms with Crippen LogP contribution in [0.5, 0.6) is 0 Å². The van der Waals surface area contributed by atoms with Crippen LogP contribution in [0.2, 0.25) is 0 Å². The fraction of sp³-hybridized carbons (Fsp3) is 0.904. The number of aliphatic carboxylic acids is 1. The molecule has 484 valence electrons. The highest BCUT2D eigenvalue weighted by Crippen LogP contribution is 2.19. The number of hydrogen-bond acceptors (Lipinski definition) is 7. The normalized spacial score (nSPS) is 12.7. The number of carbonyl (C=O) groups excluding carboxylic acids is 2. The lowest BCUT2D eigenvalue weighted by Gasteiger charge is -2.25. The van der Waals surface area contributed by atoms with Gasteiger partial charge in [0.1, 0.15) is 13.2 Å². The summed E-state index contributed by atoms with van der Waals surface area (Å²) >= 11 is 0. The molecule has 0 aliphatic heterocycles. The van der Waals surface area contributed by atoms with Crippen molar-refractivity contribution in [3.8, 4) is 0 Å². The van der Waals surface area contributed by atoms with Gasteiger partial charge >= 0.3 is 17.9 Å². The van der Waals surface area contributed by atoms with Gasteiger partial charge in [-0.3, -0.25) is 9.59 Å². The Kier molecular flexibility index (Phi) is 63.0. The summed E-state index contributed by atoms with van der Waals surface area (Å²) in [7, 11) is 5.99. The maximum absolute atomic E-state index is 12.9. The molecular formula is C73H140NO8+. The van der Waals surface area contributed by atoms with Gasteiger partial charge in [0, 0.05) is 12.8 Å². The Labute approximate surface area is 509 Å². The molecule has 0 fully saturated rings. The maximum atomic E-state index is 12.9. The van der Waals surface area contributed by atoms with Crippen molar-refractivity contribution in [1.29, 1.82) is 0 Å². The molecule has 2 unspecified atom stereocenters. The van der Waals surface area contributed by atoms with Crippen molar-refractivity contribution >= 4 is 17.9 Å². The first kappa shape index (κ1) is 79.8. The number of nitrogens with zero attached hydrogens (tertiary/aromatic N) is 1. The monoisotopic (exact) mass is 1160 g/mol. The Balaban J connectivity index is 4.03. The lowest BCUT2D eigenvalue weighted by Crippen LogP contribution is -2.40. The van der Waals surface area contributed by atoms with E-state index in [4.69, 9.17) is 18.9 Å². The van der Waals surface area contributed by atoms with Gasteiger partial charge in [0.2, 0.25) is 0 Å². The van der Waals surface area contributed by atoms with Gasteiger partial charge in [-0.15, -0.1) is 0 Å². The molecule has 0 amide bonds. The summed E-state index contributed by atoms with van der Waals surface area (Å²) in [6.45, 7) is 4.94. The molecule has 0 saturated heterocycles. The lowest BCUT2D eigenvalue weighted by molar-refractivity contribution is -0.870. The number of hydrogen-bond donors (Lipinski definition) is 1. The number of carbonyl (C=O) groups is 3. The molecule has 0 bridgehead atoms. The fourth-order valence-corrected chi connectivity index (χ4v) is 10.9. The zero-order chi connectivity index (χ0) is 59.8. The number of carboxylic acids is 1. The average molecular weight is 1160 g/mol. The highest BCUT2D eigenvalue weighted by molar-refractivity contribution is 5.71. The molecule has 1 N–H and O–H groups in total. The Morgan fingerprint density at radius 1 is 0.366 bits per heavy atom. The quantitative estimate of drug-likeness (QED) is 0.0211. The van der Waals surface area contributed by atoms with Gasteiger partial charge in [-0.2, -0.15) is 0 Å². The molecule has 0 saturated carbocycles. The second-order valence-corrected chi connectivity index (χ2v) is 25.9. The van der Waals surface area contributed by atoms with Crippen LogP contribution in [0.4, 0.5) is 0 Å². The summed E-state index contributed by atoms with van der Waals surface area (Å²) in [6.07, 6.45) is 77.3. The first-order valence-corrected chi connectivity index (χ1v) is 36.0. The van der Waals surface area contributed by atoms with E-state index in [2.05, 4.69) is 38.2 Å². The molecule has 2 atom stereocenters. The van der Waals surface area contributed by atoms with Crippen LogP contribution in [-0.4, -0.2) is 87.4 Å². The molecular weight excluding hydrogens is 1020 g/mol. The molecule has 0 aromatic carbocycles. The number of likely N-dealkylation sites (N-methyl/N-ethyl adjacent to an activating group) is 1. The van der Waals surface area contributed by atoms with E-state index in [1.165, 1.54) is 295 Å². The van der Waals surface area contributed by atoms with E-state index < -0.39 is 18.4 Å². The number of rotatable bonds is 68. The highest BCUT2D eigenvalue weighted by Gasteiger charge is 2.25. The van der Waals surface area contributed by atoms with Crippen LogP contribution in [-0.2, 0) is 33.3 Å². The number of quaternary nitrogens is 1. The van der Waals surface area contributed by atoms with E-state index in [9.17, 15) is 19.5 Å². The molecule has 9 nitrogen and oxygen atoms in total. The summed E-state index contributed by atoms with van der Waals surface area (Å²) in [5.74, 6) is -1.98. The predicted molar refractivity (Wildman–Crippen MR) is 351 cm³/mol. The standard InChI is InChI=1S/C73H139NO8/c1-6-8-10-12-14-16-18-20-22-24-26-28-30-32-33-34-35-36-37-38-40-41-43-45-47-49-51-53-55-57-59-61-63-70(75)80-67-69(68-81-73(72(77)78)79-66-65-74(3,4)5)82-71(76)64-62-60-58-56-54-52-50-48-46-44-42-39-31-29-27-25-23-21-19-17-15-13-11-9-7-2/h19,21,25,27,69,73H,6-18,20,22-24,26,28-68H2,1-5H3/p+1/b21-19-,27-25-. The maximum Gasteiger partial charge on any atom is 0.361 e. The molecule has 0 rings (SSSR count).